The molecule has 2 heterocycles. The highest BCUT2D eigenvalue weighted by Crippen LogP contribution is 2.24. The van der Waals surface area contributed by atoms with Crippen molar-refractivity contribution in [1.29, 1.82) is 0 Å². The third-order valence-electron chi connectivity index (χ3n) is 2.95. The van der Waals surface area contributed by atoms with Crippen LogP contribution in [0.1, 0.15) is 11.3 Å². The van der Waals surface area contributed by atoms with Crippen molar-refractivity contribution in [3.63, 3.8) is 0 Å². The highest BCUT2D eigenvalue weighted by atomic mass is 15.3. The fraction of sp³-hybridized carbons (Fsp3) is 0.385. The van der Waals surface area contributed by atoms with Crippen molar-refractivity contribution in [3.05, 3.63) is 35.8 Å². The summed E-state index contributed by atoms with van der Waals surface area (Å²) in [5, 5.41) is 7.73. The molecule has 0 aliphatic carbocycles. The standard InChI is InChI=1S/C13H18N4/c1-10-12(6-7-14-2)16-17(3)13(10)11-4-8-15-9-5-11/h4-5,8-9,14H,6-7H2,1-3H3. The maximum Gasteiger partial charge on any atom is 0.0712 e. The van der Waals surface area contributed by atoms with Crippen molar-refractivity contribution >= 4 is 0 Å². The fourth-order valence-electron chi connectivity index (χ4n) is 2.08. The van der Waals surface area contributed by atoms with Crippen LogP contribution in [0.2, 0.25) is 0 Å². The summed E-state index contributed by atoms with van der Waals surface area (Å²) < 4.78 is 1.95. The first kappa shape index (κ1) is 11.8. The molecule has 0 saturated heterocycles. The van der Waals surface area contributed by atoms with E-state index >= 15 is 0 Å². The van der Waals surface area contributed by atoms with Gasteiger partial charge in [0, 0.05) is 38.0 Å². The number of nitrogens with zero attached hydrogens (tertiary/aromatic N) is 3. The number of pyridine rings is 1. The van der Waals surface area contributed by atoms with Gasteiger partial charge in [0.15, 0.2) is 0 Å². The molecule has 2 aromatic rings. The largest absolute Gasteiger partial charge is 0.319 e. The minimum atomic E-state index is 0.952. The Morgan fingerprint density at radius 1 is 1.29 bits per heavy atom. The molecule has 0 spiro atoms. The summed E-state index contributed by atoms with van der Waals surface area (Å²) in [6, 6.07) is 4.04. The lowest BCUT2D eigenvalue weighted by Gasteiger charge is -2.03. The average molecular weight is 230 g/mol. The molecule has 2 aromatic heterocycles. The molecule has 0 unspecified atom stereocenters. The van der Waals surface area contributed by atoms with E-state index < -0.39 is 0 Å². The second-order valence-corrected chi connectivity index (χ2v) is 4.13. The third kappa shape index (κ3) is 2.36. The molecule has 0 aliphatic rings. The lowest BCUT2D eigenvalue weighted by Crippen LogP contribution is -2.11. The van der Waals surface area contributed by atoms with E-state index in [1.54, 1.807) is 0 Å². The first-order valence-electron chi connectivity index (χ1n) is 5.81. The highest BCUT2D eigenvalue weighted by molar-refractivity contribution is 5.63. The van der Waals surface area contributed by atoms with Gasteiger partial charge in [-0.1, -0.05) is 0 Å². The molecular formula is C13H18N4. The van der Waals surface area contributed by atoms with Gasteiger partial charge < -0.3 is 5.32 Å². The van der Waals surface area contributed by atoms with E-state index in [1.807, 2.05) is 43.3 Å². The molecule has 0 saturated carbocycles. The van der Waals surface area contributed by atoms with Gasteiger partial charge in [0.05, 0.1) is 11.4 Å². The third-order valence-corrected chi connectivity index (χ3v) is 2.95. The van der Waals surface area contributed by atoms with Gasteiger partial charge in [-0.25, -0.2) is 0 Å². The average Bonchev–Trinajstić information content (AvgIpc) is 2.63. The van der Waals surface area contributed by atoms with Crippen LogP contribution < -0.4 is 5.32 Å². The van der Waals surface area contributed by atoms with Gasteiger partial charge in [0.25, 0.3) is 0 Å². The Kier molecular flexibility index (Phi) is 3.54. The molecule has 1 N–H and O–H groups in total. The van der Waals surface area contributed by atoms with Crippen LogP contribution in [0.3, 0.4) is 0 Å². The number of aromatic nitrogens is 3. The lowest BCUT2D eigenvalue weighted by molar-refractivity contribution is 0.720. The van der Waals surface area contributed by atoms with Crippen LogP contribution in [0.5, 0.6) is 0 Å². The Balaban J connectivity index is 2.38. The number of nitrogens with one attached hydrogen (secondary N) is 1. The molecule has 0 atom stereocenters. The first-order chi connectivity index (χ1) is 8.24. The molecule has 0 aliphatic heterocycles. The molecule has 0 radical (unpaired) electrons. The first-order valence-corrected chi connectivity index (χ1v) is 5.81. The molecule has 0 fully saturated rings. The summed E-state index contributed by atoms with van der Waals surface area (Å²) in [5.74, 6) is 0. The number of rotatable bonds is 4. The summed E-state index contributed by atoms with van der Waals surface area (Å²) >= 11 is 0. The molecule has 0 amide bonds. The van der Waals surface area contributed by atoms with Crippen LogP contribution >= 0.6 is 0 Å². The van der Waals surface area contributed by atoms with Crippen molar-refractivity contribution in [1.82, 2.24) is 20.1 Å². The van der Waals surface area contributed by atoms with Crippen LogP contribution in [0, 0.1) is 6.92 Å². The van der Waals surface area contributed by atoms with Gasteiger partial charge in [0.1, 0.15) is 0 Å². The van der Waals surface area contributed by atoms with E-state index in [1.165, 1.54) is 16.8 Å². The van der Waals surface area contributed by atoms with Crippen molar-refractivity contribution in [2.24, 2.45) is 7.05 Å². The van der Waals surface area contributed by atoms with Crippen molar-refractivity contribution in [2.75, 3.05) is 13.6 Å². The summed E-state index contributed by atoms with van der Waals surface area (Å²) in [6.45, 7) is 3.08. The van der Waals surface area contributed by atoms with Crippen molar-refractivity contribution < 1.29 is 0 Å². The number of hydrogen-bond acceptors (Lipinski definition) is 3. The van der Waals surface area contributed by atoms with Crippen LogP contribution in [0.25, 0.3) is 11.3 Å². The number of hydrogen-bond donors (Lipinski definition) is 1. The van der Waals surface area contributed by atoms with Gasteiger partial charge >= 0.3 is 0 Å². The Morgan fingerprint density at radius 3 is 2.65 bits per heavy atom. The van der Waals surface area contributed by atoms with E-state index in [0.29, 0.717) is 0 Å². The molecular weight excluding hydrogens is 212 g/mol. The smallest absolute Gasteiger partial charge is 0.0712 e. The number of likely N-dealkylation sites (N-methyl/N-ethyl adjacent to an activating group) is 1. The predicted molar refractivity (Wildman–Crippen MR) is 68.8 cm³/mol. The van der Waals surface area contributed by atoms with Crippen LogP contribution in [0.4, 0.5) is 0 Å². The van der Waals surface area contributed by atoms with Gasteiger partial charge in [-0.15, -0.1) is 0 Å². The quantitative estimate of drug-likeness (QED) is 0.866. The van der Waals surface area contributed by atoms with Crippen molar-refractivity contribution in [2.45, 2.75) is 13.3 Å². The second-order valence-electron chi connectivity index (χ2n) is 4.13. The summed E-state index contributed by atoms with van der Waals surface area (Å²) in [6.07, 6.45) is 4.59. The monoisotopic (exact) mass is 230 g/mol. The summed E-state index contributed by atoms with van der Waals surface area (Å²) in [7, 11) is 3.95. The zero-order chi connectivity index (χ0) is 12.3. The van der Waals surface area contributed by atoms with E-state index in [2.05, 4.69) is 22.3 Å². The number of aryl methyl sites for hydroxylation is 1. The Labute approximate surface area is 102 Å². The lowest BCUT2D eigenvalue weighted by atomic mass is 10.1. The molecule has 4 nitrogen and oxygen atoms in total. The van der Waals surface area contributed by atoms with E-state index in [0.717, 1.165) is 18.7 Å². The molecule has 0 aromatic carbocycles. The minimum Gasteiger partial charge on any atom is -0.319 e. The highest BCUT2D eigenvalue weighted by Gasteiger charge is 2.13. The summed E-state index contributed by atoms with van der Waals surface area (Å²) in [4.78, 5) is 4.05. The van der Waals surface area contributed by atoms with Gasteiger partial charge in [0.2, 0.25) is 0 Å². The maximum atomic E-state index is 4.58. The van der Waals surface area contributed by atoms with Crippen molar-refractivity contribution in [3.8, 4) is 11.3 Å². The van der Waals surface area contributed by atoms with E-state index in [4.69, 9.17) is 0 Å². The zero-order valence-corrected chi connectivity index (χ0v) is 10.6. The molecule has 2 rings (SSSR count). The van der Waals surface area contributed by atoms with Crippen LogP contribution in [-0.4, -0.2) is 28.4 Å². The molecule has 17 heavy (non-hydrogen) atoms. The Hall–Kier alpha value is -1.68. The molecule has 0 bridgehead atoms. The SMILES string of the molecule is CNCCc1nn(C)c(-c2ccncc2)c1C. The Morgan fingerprint density at radius 2 is 2.00 bits per heavy atom. The van der Waals surface area contributed by atoms with E-state index in [9.17, 15) is 0 Å². The minimum absolute atomic E-state index is 0.952. The van der Waals surface area contributed by atoms with Crippen LogP contribution in [-0.2, 0) is 13.5 Å². The zero-order valence-electron chi connectivity index (χ0n) is 10.6. The Bertz CT molecular complexity index is 488. The van der Waals surface area contributed by atoms with Crippen LogP contribution in [0.15, 0.2) is 24.5 Å². The van der Waals surface area contributed by atoms with Gasteiger partial charge in [-0.2, -0.15) is 5.10 Å². The predicted octanol–water partition coefficient (Wildman–Crippen LogP) is 1.55. The van der Waals surface area contributed by atoms with E-state index in [-0.39, 0.29) is 0 Å². The topological polar surface area (TPSA) is 42.7 Å². The molecule has 4 heteroatoms. The molecule has 90 valence electrons. The summed E-state index contributed by atoms with van der Waals surface area (Å²) in [5.41, 5.74) is 4.77. The van der Waals surface area contributed by atoms with Gasteiger partial charge in [-0.05, 0) is 31.7 Å². The van der Waals surface area contributed by atoms with Gasteiger partial charge in [-0.3, -0.25) is 9.67 Å². The second kappa shape index (κ2) is 5.10. The normalized spacial score (nSPS) is 10.8. The maximum absolute atomic E-state index is 4.58. The fourth-order valence-corrected chi connectivity index (χ4v) is 2.08.